The van der Waals surface area contributed by atoms with Crippen LogP contribution in [0.1, 0.15) is 23.2 Å². The number of amides is 3. The number of hydrogen-bond donors (Lipinski definition) is 5. The van der Waals surface area contributed by atoms with Crippen molar-refractivity contribution < 1.29 is 38.6 Å². The molecule has 1 aromatic heterocycles. The molecule has 42 heavy (non-hydrogen) atoms. The van der Waals surface area contributed by atoms with E-state index in [1.807, 2.05) is 0 Å². The number of aliphatic hydroxyl groups excluding tert-OH is 2. The lowest BCUT2D eigenvalue weighted by Crippen LogP contribution is -2.35. The van der Waals surface area contributed by atoms with Crippen molar-refractivity contribution in [1.29, 1.82) is 0 Å². The molecule has 11 nitrogen and oxygen atoms in total. The predicted molar refractivity (Wildman–Crippen MR) is 150 cm³/mol. The standard InChI is InChI=1S/C30H27FN4O7/c31-19-2-4-20(5-3-19)33-28(39)30(12-13-30)29(40)34-21-6-8-23(9-7-21)42-26-11-14-32-25-15-18(1-10-24(25)26)27(38)35-41-17-22(37)16-36/h1-11,14-15,22,36-37H,12-13,16-17H2,(H,33,39)(H,34,40)(H,35,38). The molecule has 0 bridgehead atoms. The first kappa shape index (κ1) is 28.6. The molecule has 1 atom stereocenters. The van der Waals surface area contributed by atoms with Crippen LogP contribution in [-0.4, -0.2) is 52.2 Å². The van der Waals surface area contributed by atoms with Crippen LogP contribution in [0.15, 0.2) is 79.0 Å². The summed E-state index contributed by atoms with van der Waals surface area (Å²) in [6.45, 7) is -0.752. The molecule has 216 valence electrons. The zero-order valence-electron chi connectivity index (χ0n) is 22.2. The Balaban J connectivity index is 1.20. The molecule has 4 aromatic rings. The average molecular weight is 575 g/mol. The van der Waals surface area contributed by atoms with Crippen LogP contribution < -0.4 is 20.9 Å². The lowest BCUT2D eigenvalue weighted by atomic mass is 10.0. The van der Waals surface area contributed by atoms with Gasteiger partial charge in [-0.1, -0.05) is 0 Å². The Kier molecular flexibility index (Phi) is 8.38. The molecule has 0 radical (unpaired) electrons. The van der Waals surface area contributed by atoms with Gasteiger partial charge in [-0.3, -0.25) is 24.2 Å². The molecule has 1 unspecified atom stereocenters. The minimum Gasteiger partial charge on any atom is -0.457 e. The van der Waals surface area contributed by atoms with Crippen molar-refractivity contribution >= 4 is 40.0 Å². The summed E-state index contributed by atoms with van der Waals surface area (Å²) in [4.78, 5) is 47.3. The number of rotatable bonds is 11. The van der Waals surface area contributed by atoms with E-state index in [2.05, 4.69) is 21.1 Å². The van der Waals surface area contributed by atoms with Gasteiger partial charge >= 0.3 is 0 Å². The number of carbonyl (C=O) groups excluding carboxylic acids is 3. The molecule has 0 spiro atoms. The van der Waals surface area contributed by atoms with E-state index in [4.69, 9.17) is 14.7 Å². The Labute approximate surface area is 239 Å². The highest BCUT2D eigenvalue weighted by atomic mass is 19.1. The topological polar surface area (TPSA) is 159 Å². The third-order valence-corrected chi connectivity index (χ3v) is 6.68. The molecular weight excluding hydrogens is 547 g/mol. The second-order valence-electron chi connectivity index (χ2n) is 9.74. The van der Waals surface area contributed by atoms with Crippen molar-refractivity contribution in [3.63, 3.8) is 0 Å². The van der Waals surface area contributed by atoms with Gasteiger partial charge in [0, 0.05) is 28.5 Å². The molecule has 1 aliphatic rings. The SMILES string of the molecule is O=C(NOCC(O)CO)c1ccc2c(Oc3ccc(NC(=O)C4(C(=O)Nc5ccc(F)cc5)CC4)cc3)ccnc2c1. The van der Waals surface area contributed by atoms with E-state index in [-0.39, 0.29) is 12.2 Å². The maximum atomic E-state index is 13.1. The number of aliphatic hydroxyl groups is 2. The smallest absolute Gasteiger partial charge is 0.274 e. The Hall–Kier alpha value is -4.91. The number of nitrogens with one attached hydrogen (secondary N) is 3. The Bertz CT molecular complexity index is 1610. The number of hydrogen-bond acceptors (Lipinski definition) is 8. The van der Waals surface area contributed by atoms with Crippen molar-refractivity contribution in [3.05, 3.63) is 90.4 Å². The lowest BCUT2D eigenvalue weighted by molar-refractivity contribution is -0.131. The minimum atomic E-state index is -1.18. The van der Waals surface area contributed by atoms with Gasteiger partial charge in [0.2, 0.25) is 11.8 Å². The van der Waals surface area contributed by atoms with Gasteiger partial charge in [0.15, 0.2) is 0 Å². The third kappa shape index (κ3) is 6.52. The van der Waals surface area contributed by atoms with Gasteiger partial charge in [0.05, 0.1) is 12.1 Å². The molecular formula is C30H27FN4O7. The summed E-state index contributed by atoms with van der Waals surface area (Å²) in [6.07, 6.45) is 1.24. The lowest BCUT2D eigenvalue weighted by Gasteiger charge is -2.16. The number of ether oxygens (including phenoxy) is 1. The molecule has 0 saturated heterocycles. The molecule has 1 fully saturated rings. The Morgan fingerprint density at radius 1 is 0.929 bits per heavy atom. The fourth-order valence-corrected chi connectivity index (χ4v) is 4.12. The van der Waals surface area contributed by atoms with Crippen molar-refractivity contribution in [1.82, 2.24) is 10.5 Å². The van der Waals surface area contributed by atoms with Gasteiger partial charge < -0.3 is 25.6 Å². The van der Waals surface area contributed by atoms with E-state index in [1.54, 1.807) is 48.5 Å². The zero-order valence-corrected chi connectivity index (χ0v) is 22.2. The van der Waals surface area contributed by atoms with Crippen molar-refractivity contribution in [2.45, 2.75) is 18.9 Å². The summed E-state index contributed by atoms with van der Waals surface area (Å²) >= 11 is 0. The highest BCUT2D eigenvalue weighted by Crippen LogP contribution is 2.47. The van der Waals surface area contributed by atoms with Crippen LogP contribution in [0, 0.1) is 11.2 Å². The molecule has 1 saturated carbocycles. The number of halogens is 1. The van der Waals surface area contributed by atoms with Gasteiger partial charge in [-0.2, -0.15) is 0 Å². The zero-order chi connectivity index (χ0) is 29.7. The van der Waals surface area contributed by atoms with Crippen molar-refractivity contribution in [2.24, 2.45) is 5.41 Å². The summed E-state index contributed by atoms with van der Waals surface area (Å²) in [7, 11) is 0. The van der Waals surface area contributed by atoms with Crippen LogP contribution in [0.2, 0.25) is 0 Å². The highest BCUT2D eigenvalue weighted by Gasteiger charge is 2.56. The summed E-state index contributed by atoms with van der Waals surface area (Å²) in [6, 6.07) is 18.5. The number of benzene rings is 3. The molecule has 1 aliphatic carbocycles. The number of pyridine rings is 1. The first-order valence-corrected chi connectivity index (χ1v) is 13.0. The maximum Gasteiger partial charge on any atom is 0.274 e. The van der Waals surface area contributed by atoms with Crippen molar-refractivity contribution in [3.8, 4) is 11.5 Å². The van der Waals surface area contributed by atoms with Crippen LogP contribution in [-0.2, 0) is 14.4 Å². The van der Waals surface area contributed by atoms with Crippen LogP contribution >= 0.6 is 0 Å². The normalized spacial score (nSPS) is 14.1. The maximum absolute atomic E-state index is 13.1. The van der Waals surface area contributed by atoms with Crippen molar-refractivity contribution in [2.75, 3.05) is 23.8 Å². The van der Waals surface area contributed by atoms with Gasteiger partial charge in [0.25, 0.3) is 5.91 Å². The number of nitrogens with zero attached hydrogens (tertiary/aromatic N) is 1. The van der Waals surface area contributed by atoms with Crippen LogP contribution in [0.4, 0.5) is 15.8 Å². The third-order valence-electron chi connectivity index (χ3n) is 6.68. The van der Waals surface area contributed by atoms with E-state index >= 15 is 0 Å². The number of fused-ring (bicyclic) bond motifs is 1. The first-order valence-electron chi connectivity index (χ1n) is 13.0. The summed E-state index contributed by atoms with van der Waals surface area (Å²) < 4.78 is 19.2. The van der Waals surface area contributed by atoms with Gasteiger partial charge in [-0.15, -0.1) is 0 Å². The molecule has 5 rings (SSSR count). The molecule has 5 N–H and O–H groups in total. The average Bonchev–Trinajstić information content (AvgIpc) is 3.81. The second-order valence-corrected chi connectivity index (χ2v) is 9.74. The van der Waals surface area contributed by atoms with E-state index in [1.165, 1.54) is 30.5 Å². The predicted octanol–water partition coefficient (Wildman–Crippen LogP) is 3.54. The monoisotopic (exact) mass is 574 g/mol. The van der Waals surface area contributed by atoms with E-state index in [0.29, 0.717) is 46.6 Å². The summed E-state index contributed by atoms with van der Waals surface area (Å²) in [5.74, 6) is -0.868. The van der Waals surface area contributed by atoms with Crippen LogP contribution in [0.25, 0.3) is 10.9 Å². The molecule has 3 amide bonds. The van der Waals surface area contributed by atoms with E-state index in [0.717, 1.165) is 0 Å². The number of anilines is 2. The number of carbonyl (C=O) groups is 3. The molecule has 12 heteroatoms. The fraction of sp³-hybridized carbons (Fsp3) is 0.200. The second kappa shape index (κ2) is 12.3. The number of hydroxylamine groups is 1. The van der Waals surface area contributed by atoms with Crippen LogP contribution in [0.3, 0.4) is 0 Å². The van der Waals surface area contributed by atoms with E-state index in [9.17, 15) is 23.9 Å². The van der Waals surface area contributed by atoms with Gasteiger partial charge in [0.1, 0.15) is 35.4 Å². The molecule has 1 heterocycles. The summed E-state index contributed by atoms with van der Waals surface area (Å²) in [5.41, 5.74) is 2.68. The Morgan fingerprint density at radius 2 is 1.57 bits per heavy atom. The Morgan fingerprint density at radius 3 is 2.19 bits per heavy atom. The van der Waals surface area contributed by atoms with Crippen LogP contribution in [0.5, 0.6) is 11.5 Å². The molecule has 0 aliphatic heterocycles. The van der Waals surface area contributed by atoms with E-state index < -0.39 is 41.7 Å². The summed E-state index contributed by atoms with van der Waals surface area (Å²) in [5, 5.41) is 24.2. The first-order chi connectivity index (χ1) is 20.3. The quantitative estimate of drug-likeness (QED) is 0.134. The molecule has 3 aromatic carbocycles. The number of aromatic nitrogens is 1. The fourth-order valence-electron chi connectivity index (χ4n) is 4.12. The highest BCUT2D eigenvalue weighted by molar-refractivity contribution is 6.16. The minimum absolute atomic E-state index is 0.262. The van der Waals surface area contributed by atoms with Gasteiger partial charge in [-0.05, 0) is 85.6 Å². The largest absolute Gasteiger partial charge is 0.457 e. The van der Waals surface area contributed by atoms with Gasteiger partial charge in [-0.25, -0.2) is 9.87 Å².